The summed E-state index contributed by atoms with van der Waals surface area (Å²) in [6, 6.07) is 4.25. The summed E-state index contributed by atoms with van der Waals surface area (Å²) in [7, 11) is 0. The van der Waals surface area contributed by atoms with E-state index in [0.29, 0.717) is 17.8 Å². The van der Waals surface area contributed by atoms with Gasteiger partial charge in [0.05, 0.1) is 6.10 Å². The average molecular weight is 356 g/mol. The molecule has 0 spiro atoms. The largest absolute Gasteiger partial charge is 0.396 e. The number of aromatic nitrogens is 1. The van der Waals surface area contributed by atoms with Crippen molar-refractivity contribution < 1.29 is 10.2 Å². The van der Waals surface area contributed by atoms with E-state index in [0.717, 1.165) is 32.1 Å². The summed E-state index contributed by atoms with van der Waals surface area (Å²) < 4.78 is 0. The number of aliphatic hydroxyl groups excluding tert-OH is 2. The van der Waals surface area contributed by atoms with Crippen LogP contribution in [0.2, 0.25) is 0 Å². The third-order valence-electron chi connectivity index (χ3n) is 8.25. The molecule has 1 aromatic rings. The molecule has 0 aliphatic heterocycles. The quantitative estimate of drug-likeness (QED) is 0.839. The molecule has 3 aliphatic carbocycles. The number of rotatable bonds is 4. The predicted octanol–water partition coefficient (Wildman–Crippen LogP) is 4.45. The maximum atomic E-state index is 10.8. The van der Waals surface area contributed by atoms with Crippen LogP contribution in [0.5, 0.6) is 0 Å². The number of hydrogen-bond acceptors (Lipinski definition) is 3. The minimum Gasteiger partial charge on any atom is -0.396 e. The highest BCUT2D eigenvalue weighted by Gasteiger charge is 2.57. The van der Waals surface area contributed by atoms with E-state index < -0.39 is 0 Å². The molecule has 1 aromatic heterocycles. The molecule has 0 aromatic carbocycles. The molecule has 0 bridgehead atoms. The van der Waals surface area contributed by atoms with Gasteiger partial charge in [-0.2, -0.15) is 0 Å². The van der Waals surface area contributed by atoms with Crippen molar-refractivity contribution in [1.82, 2.24) is 4.98 Å². The van der Waals surface area contributed by atoms with Crippen LogP contribution in [0.1, 0.15) is 64.4 Å². The summed E-state index contributed by atoms with van der Waals surface area (Å²) in [5.41, 5.74) is 2.99. The second-order valence-electron chi connectivity index (χ2n) is 9.35. The van der Waals surface area contributed by atoms with E-state index in [1.165, 1.54) is 24.0 Å². The molecule has 4 rings (SSSR count). The normalized spacial score (nSPS) is 42.1. The van der Waals surface area contributed by atoms with Crippen molar-refractivity contribution in [1.29, 1.82) is 0 Å². The van der Waals surface area contributed by atoms with Crippen LogP contribution in [0.3, 0.4) is 0 Å². The maximum Gasteiger partial charge on any atom is 0.0596 e. The molecule has 2 fully saturated rings. The van der Waals surface area contributed by atoms with E-state index in [1.807, 2.05) is 18.5 Å². The highest BCUT2D eigenvalue weighted by atomic mass is 16.3. The predicted molar refractivity (Wildman–Crippen MR) is 104 cm³/mol. The Morgan fingerprint density at radius 3 is 2.77 bits per heavy atom. The second-order valence-corrected chi connectivity index (χ2v) is 9.35. The van der Waals surface area contributed by atoms with Crippen LogP contribution >= 0.6 is 0 Å². The lowest BCUT2D eigenvalue weighted by molar-refractivity contribution is -0.120. The maximum absolute atomic E-state index is 10.8. The van der Waals surface area contributed by atoms with Crippen molar-refractivity contribution in [3.05, 3.63) is 36.2 Å². The van der Waals surface area contributed by atoms with Gasteiger partial charge in [-0.1, -0.05) is 26.0 Å². The summed E-state index contributed by atoms with van der Waals surface area (Å²) >= 11 is 0. The van der Waals surface area contributed by atoms with Gasteiger partial charge in [-0.3, -0.25) is 4.98 Å². The van der Waals surface area contributed by atoms with Crippen molar-refractivity contribution in [2.24, 2.45) is 28.6 Å². The Morgan fingerprint density at radius 1 is 1.19 bits per heavy atom. The van der Waals surface area contributed by atoms with E-state index in [9.17, 15) is 10.2 Å². The van der Waals surface area contributed by atoms with Crippen LogP contribution in [0.25, 0.3) is 5.57 Å². The molecule has 1 heterocycles. The van der Waals surface area contributed by atoms with Gasteiger partial charge >= 0.3 is 0 Å². The highest BCUT2D eigenvalue weighted by Crippen LogP contribution is 2.65. The van der Waals surface area contributed by atoms with E-state index >= 15 is 0 Å². The first-order chi connectivity index (χ1) is 12.5. The van der Waals surface area contributed by atoms with Gasteiger partial charge in [0.15, 0.2) is 0 Å². The number of nitrogens with zero attached hydrogens (tertiary/aromatic N) is 1. The third-order valence-corrected chi connectivity index (χ3v) is 8.25. The topological polar surface area (TPSA) is 53.4 Å². The van der Waals surface area contributed by atoms with Gasteiger partial charge in [0.2, 0.25) is 0 Å². The summed E-state index contributed by atoms with van der Waals surface area (Å²) in [6.45, 7) is 4.99. The van der Waals surface area contributed by atoms with E-state index in [4.69, 9.17) is 0 Å². The van der Waals surface area contributed by atoms with Crippen molar-refractivity contribution in [3.63, 3.8) is 0 Å². The molecule has 142 valence electrons. The second kappa shape index (κ2) is 6.76. The van der Waals surface area contributed by atoms with Gasteiger partial charge in [0, 0.05) is 19.0 Å². The van der Waals surface area contributed by atoms with Crippen LogP contribution < -0.4 is 0 Å². The molecule has 2 N–H and O–H groups in total. The Morgan fingerprint density at radius 2 is 2.04 bits per heavy atom. The zero-order chi connectivity index (χ0) is 18.4. The SMILES string of the molecule is C[C@]1(CCCO)C(O)CC[C@@H]2[C@@H]1CC[C@]1(C)C(c3cccnc3)=CC[C@@H]21. The van der Waals surface area contributed by atoms with Gasteiger partial charge in [-0.15, -0.1) is 0 Å². The van der Waals surface area contributed by atoms with Gasteiger partial charge in [0.1, 0.15) is 0 Å². The number of allylic oxidation sites excluding steroid dienone is 2. The fourth-order valence-corrected chi connectivity index (χ4v) is 6.78. The monoisotopic (exact) mass is 355 g/mol. The first-order valence-electron chi connectivity index (χ1n) is 10.4. The van der Waals surface area contributed by atoms with Crippen LogP contribution in [-0.2, 0) is 0 Å². The Bertz CT molecular complexity index is 672. The molecule has 2 saturated carbocycles. The van der Waals surface area contributed by atoms with Gasteiger partial charge < -0.3 is 10.2 Å². The Kier molecular flexibility index (Phi) is 4.73. The summed E-state index contributed by atoms with van der Waals surface area (Å²) in [5, 5.41) is 20.2. The zero-order valence-corrected chi connectivity index (χ0v) is 16.2. The molecule has 3 nitrogen and oxygen atoms in total. The van der Waals surface area contributed by atoms with E-state index in [-0.39, 0.29) is 23.5 Å². The third kappa shape index (κ3) is 2.66. The molecule has 0 saturated heterocycles. The van der Waals surface area contributed by atoms with E-state index in [1.54, 1.807) is 0 Å². The molecule has 26 heavy (non-hydrogen) atoms. The number of aliphatic hydroxyl groups is 2. The van der Waals surface area contributed by atoms with Crippen LogP contribution in [-0.4, -0.2) is 27.9 Å². The summed E-state index contributed by atoms with van der Waals surface area (Å²) in [4.78, 5) is 4.35. The van der Waals surface area contributed by atoms with Crippen LogP contribution in [0, 0.1) is 28.6 Å². The molecule has 3 aliphatic rings. The van der Waals surface area contributed by atoms with Gasteiger partial charge in [0.25, 0.3) is 0 Å². The molecule has 3 heteroatoms. The highest BCUT2D eigenvalue weighted by molar-refractivity contribution is 5.72. The fourth-order valence-electron chi connectivity index (χ4n) is 6.78. The van der Waals surface area contributed by atoms with Gasteiger partial charge in [-0.05, 0) is 90.7 Å². The first kappa shape index (κ1) is 18.2. The first-order valence-corrected chi connectivity index (χ1v) is 10.4. The van der Waals surface area contributed by atoms with Crippen molar-refractivity contribution in [2.75, 3.05) is 6.61 Å². The smallest absolute Gasteiger partial charge is 0.0596 e. The van der Waals surface area contributed by atoms with E-state index in [2.05, 4.69) is 31.0 Å². The Hall–Kier alpha value is -1.19. The standard InChI is InChI=1S/C23H33NO2/c1-22-12-10-20-17(6-9-21(26)23(20,2)11-4-14-25)19(22)8-7-18(22)16-5-3-13-24-15-16/h3,5,7,13,15,17,19-21,25-26H,4,6,8-12,14H2,1-2H3/t17-,19-,20-,21?,22+,23+/m0/s1. The average Bonchev–Trinajstić information content (AvgIpc) is 3.01. The number of fused-ring (bicyclic) bond motifs is 3. The lowest BCUT2D eigenvalue weighted by atomic mass is 9.48. The lowest BCUT2D eigenvalue weighted by Gasteiger charge is -2.58. The summed E-state index contributed by atoms with van der Waals surface area (Å²) in [5.74, 6) is 1.95. The van der Waals surface area contributed by atoms with Crippen molar-refractivity contribution >= 4 is 5.57 Å². The Labute approximate surface area is 157 Å². The fraction of sp³-hybridized carbons (Fsp3) is 0.696. The van der Waals surface area contributed by atoms with Crippen molar-refractivity contribution in [3.8, 4) is 0 Å². The van der Waals surface area contributed by atoms with Crippen LogP contribution in [0.4, 0.5) is 0 Å². The molecule has 1 unspecified atom stereocenters. The molecular weight excluding hydrogens is 322 g/mol. The Balaban J connectivity index is 1.62. The zero-order valence-electron chi connectivity index (χ0n) is 16.2. The number of hydrogen-bond donors (Lipinski definition) is 2. The molecule has 6 atom stereocenters. The van der Waals surface area contributed by atoms with Crippen LogP contribution in [0.15, 0.2) is 30.6 Å². The summed E-state index contributed by atoms with van der Waals surface area (Å²) in [6.07, 6.45) is 13.5. The minimum atomic E-state index is -0.216. The molecule has 0 amide bonds. The van der Waals surface area contributed by atoms with Gasteiger partial charge in [-0.25, -0.2) is 0 Å². The lowest BCUT2D eigenvalue weighted by Crippen LogP contribution is -2.53. The molecule has 0 radical (unpaired) electrons. The molecular formula is C23H33NO2. The van der Waals surface area contributed by atoms with Crippen molar-refractivity contribution in [2.45, 2.75) is 64.9 Å². The minimum absolute atomic E-state index is 0.0377. The number of pyridine rings is 1.